The summed E-state index contributed by atoms with van der Waals surface area (Å²) < 4.78 is 38.9. The molecule has 0 fully saturated rings. The molecule has 3 aromatic rings. The Morgan fingerprint density at radius 1 is 1.07 bits per heavy atom. The molecule has 0 radical (unpaired) electrons. The lowest BCUT2D eigenvalue weighted by Gasteiger charge is -2.23. The molecular weight excluding hydrogens is 383 g/mol. The first-order chi connectivity index (χ1) is 13.4. The van der Waals surface area contributed by atoms with E-state index in [-0.39, 0.29) is 28.3 Å². The number of benzene rings is 2. The van der Waals surface area contributed by atoms with E-state index in [1.807, 2.05) is 26.8 Å². The highest BCUT2D eigenvalue weighted by Gasteiger charge is 2.31. The van der Waals surface area contributed by atoms with Gasteiger partial charge in [0.25, 0.3) is 0 Å². The van der Waals surface area contributed by atoms with Crippen molar-refractivity contribution in [1.82, 2.24) is 15.0 Å². The molecule has 0 aliphatic rings. The van der Waals surface area contributed by atoms with Gasteiger partial charge in [0.1, 0.15) is 28.3 Å². The normalized spacial score (nSPS) is 12.5. The summed E-state index contributed by atoms with van der Waals surface area (Å²) in [6.45, 7) is 7.31. The zero-order valence-corrected chi connectivity index (χ0v) is 16.6. The van der Waals surface area contributed by atoms with Crippen LogP contribution < -0.4 is 0 Å². The van der Waals surface area contributed by atoms with Crippen molar-refractivity contribution in [2.75, 3.05) is 0 Å². The molecule has 1 aromatic heterocycles. The fourth-order valence-electron chi connectivity index (χ4n) is 3.06. The van der Waals surface area contributed by atoms with Gasteiger partial charge in [-0.05, 0) is 48.6 Å². The van der Waals surface area contributed by atoms with E-state index >= 15 is 0 Å². The Labute approximate surface area is 166 Å². The van der Waals surface area contributed by atoms with Gasteiger partial charge in [0.05, 0.1) is 5.56 Å². The fraction of sp³-hybridized carbons (Fsp3) is 0.381. The average Bonchev–Trinajstić information content (AvgIpc) is 3.01. The maximum absolute atomic E-state index is 13.0. The fourth-order valence-corrected chi connectivity index (χ4v) is 3.06. The van der Waals surface area contributed by atoms with E-state index in [0.717, 1.165) is 22.5 Å². The number of Topliss-reactive ketones (excluding diaryl/α,β-unsaturated/α-hetero) is 1. The van der Waals surface area contributed by atoms with Gasteiger partial charge >= 0.3 is 6.18 Å². The monoisotopic (exact) mass is 405 g/mol. The molecule has 0 aliphatic carbocycles. The number of carbonyl (C=O) groups excluding carboxylic acids is 1. The second-order valence-electron chi connectivity index (χ2n) is 8.15. The van der Waals surface area contributed by atoms with Gasteiger partial charge in [-0.3, -0.25) is 0 Å². The lowest BCUT2D eigenvalue weighted by Crippen LogP contribution is -2.14. The molecule has 0 spiro atoms. The number of aromatic hydroxyl groups is 1. The molecule has 0 atom stereocenters. The molecule has 154 valence electrons. The zero-order valence-electron chi connectivity index (χ0n) is 16.6. The van der Waals surface area contributed by atoms with Crippen LogP contribution in [0.1, 0.15) is 50.8 Å². The van der Waals surface area contributed by atoms with Gasteiger partial charge in [0.2, 0.25) is 0 Å². The second kappa shape index (κ2) is 7.17. The van der Waals surface area contributed by atoms with Crippen LogP contribution in [0.25, 0.3) is 16.7 Å². The van der Waals surface area contributed by atoms with Crippen molar-refractivity contribution in [2.45, 2.75) is 52.1 Å². The van der Waals surface area contributed by atoms with Gasteiger partial charge in [-0.2, -0.15) is 13.2 Å². The van der Waals surface area contributed by atoms with Crippen molar-refractivity contribution >= 4 is 16.8 Å². The number of nitrogens with zero attached hydrogens (tertiary/aromatic N) is 3. The van der Waals surface area contributed by atoms with E-state index in [9.17, 15) is 23.1 Å². The van der Waals surface area contributed by atoms with Crippen LogP contribution in [0.4, 0.5) is 13.2 Å². The largest absolute Gasteiger partial charge is 0.505 e. The number of alkyl halides is 3. The number of phenols is 1. The van der Waals surface area contributed by atoms with Crippen molar-refractivity contribution in [3.8, 4) is 11.4 Å². The molecule has 0 aliphatic heterocycles. The average molecular weight is 405 g/mol. The molecule has 1 heterocycles. The van der Waals surface area contributed by atoms with E-state index in [1.54, 1.807) is 6.07 Å². The molecule has 29 heavy (non-hydrogen) atoms. The Kier molecular flexibility index (Phi) is 5.15. The number of hydrogen-bond donors (Lipinski definition) is 1. The third-order valence-electron chi connectivity index (χ3n) is 4.65. The van der Waals surface area contributed by atoms with Crippen molar-refractivity contribution in [3.05, 3.63) is 47.0 Å². The van der Waals surface area contributed by atoms with Crippen molar-refractivity contribution < 1.29 is 23.1 Å². The number of rotatable bonds is 4. The summed E-state index contributed by atoms with van der Waals surface area (Å²) in [4.78, 5) is 12.5. The maximum atomic E-state index is 13.0. The van der Waals surface area contributed by atoms with E-state index in [0.29, 0.717) is 18.4 Å². The van der Waals surface area contributed by atoms with Crippen LogP contribution in [0.5, 0.6) is 5.75 Å². The van der Waals surface area contributed by atoms with Gasteiger partial charge in [-0.15, -0.1) is 15.0 Å². The van der Waals surface area contributed by atoms with Crippen molar-refractivity contribution in [1.29, 1.82) is 0 Å². The predicted molar refractivity (Wildman–Crippen MR) is 103 cm³/mol. The highest BCUT2D eigenvalue weighted by Crippen LogP contribution is 2.37. The highest BCUT2D eigenvalue weighted by atomic mass is 19.4. The number of aromatic nitrogens is 3. The van der Waals surface area contributed by atoms with Crippen molar-refractivity contribution in [3.63, 3.8) is 0 Å². The minimum Gasteiger partial charge on any atom is -0.505 e. The van der Waals surface area contributed by atoms with Gasteiger partial charge < -0.3 is 9.90 Å². The Balaban J connectivity index is 2.15. The van der Waals surface area contributed by atoms with Crippen LogP contribution in [0, 0.1) is 0 Å². The SMILES string of the molecule is CC(=O)CCc1cc(-n2nc3ccc(C(F)(F)F)cc3n2)c(O)c(C(C)(C)C)c1. The van der Waals surface area contributed by atoms with Crippen molar-refractivity contribution in [2.24, 2.45) is 0 Å². The van der Waals surface area contributed by atoms with Crippen LogP contribution in [0.2, 0.25) is 0 Å². The lowest BCUT2D eigenvalue weighted by molar-refractivity contribution is -0.137. The number of fused-ring (bicyclic) bond motifs is 1. The summed E-state index contributed by atoms with van der Waals surface area (Å²) >= 11 is 0. The summed E-state index contributed by atoms with van der Waals surface area (Å²) in [6, 6.07) is 6.64. The maximum Gasteiger partial charge on any atom is 0.416 e. The van der Waals surface area contributed by atoms with E-state index in [1.165, 1.54) is 13.0 Å². The van der Waals surface area contributed by atoms with E-state index in [4.69, 9.17) is 0 Å². The Morgan fingerprint density at radius 2 is 1.72 bits per heavy atom. The molecule has 1 N–H and O–H groups in total. The second-order valence-corrected chi connectivity index (χ2v) is 8.15. The molecule has 0 bridgehead atoms. The number of phenolic OH excluding ortho intramolecular Hbond substituents is 1. The van der Waals surface area contributed by atoms with E-state index in [2.05, 4.69) is 10.2 Å². The molecule has 0 saturated heterocycles. The summed E-state index contributed by atoms with van der Waals surface area (Å²) in [5.74, 6) is -0.00000705. The highest BCUT2D eigenvalue weighted by molar-refractivity contribution is 5.76. The summed E-state index contributed by atoms with van der Waals surface area (Å²) in [5, 5.41) is 19.2. The standard InChI is InChI=1S/C21H22F3N3O2/c1-12(28)5-6-13-9-15(20(2,3)4)19(29)18(10-13)27-25-16-8-7-14(21(22,23)24)11-17(16)26-27/h7-11,29H,5-6H2,1-4H3. The Hall–Kier alpha value is -2.90. The van der Waals surface area contributed by atoms with Crippen LogP contribution in [-0.2, 0) is 22.8 Å². The zero-order chi connectivity index (χ0) is 21.6. The first kappa shape index (κ1) is 20.8. The molecule has 0 saturated carbocycles. The molecular formula is C21H22F3N3O2. The summed E-state index contributed by atoms with van der Waals surface area (Å²) in [5.41, 5.74) is 0.865. The van der Waals surface area contributed by atoms with Crippen LogP contribution in [-0.4, -0.2) is 25.9 Å². The third-order valence-corrected chi connectivity index (χ3v) is 4.65. The molecule has 2 aromatic carbocycles. The number of halogens is 3. The number of aryl methyl sites for hydroxylation is 1. The van der Waals surface area contributed by atoms with Crippen LogP contribution in [0.15, 0.2) is 30.3 Å². The first-order valence-electron chi connectivity index (χ1n) is 9.17. The lowest BCUT2D eigenvalue weighted by atomic mass is 9.84. The Morgan fingerprint density at radius 3 is 2.31 bits per heavy atom. The molecule has 0 unspecified atom stereocenters. The smallest absolute Gasteiger partial charge is 0.416 e. The van der Waals surface area contributed by atoms with Crippen LogP contribution >= 0.6 is 0 Å². The molecule has 0 amide bonds. The van der Waals surface area contributed by atoms with Gasteiger partial charge in [0, 0.05) is 12.0 Å². The van der Waals surface area contributed by atoms with Gasteiger partial charge in [-0.25, -0.2) is 0 Å². The number of carbonyl (C=O) groups is 1. The minimum atomic E-state index is -4.48. The summed E-state index contributed by atoms with van der Waals surface area (Å²) in [6.07, 6.45) is -3.66. The van der Waals surface area contributed by atoms with E-state index < -0.39 is 17.2 Å². The van der Waals surface area contributed by atoms with Gasteiger partial charge in [0.15, 0.2) is 0 Å². The van der Waals surface area contributed by atoms with Gasteiger partial charge in [-0.1, -0.05) is 26.8 Å². The molecule has 8 heteroatoms. The summed E-state index contributed by atoms with van der Waals surface area (Å²) in [7, 11) is 0. The topological polar surface area (TPSA) is 68.0 Å². The van der Waals surface area contributed by atoms with Crippen LogP contribution in [0.3, 0.4) is 0 Å². The Bertz CT molecular complexity index is 1080. The molecule has 3 rings (SSSR count). The first-order valence-corrected chi connectivity index (χ1v) is 9.17. The minimum absolute atomic E-state index is 0.0413. The number of hydrogen-bond acceptors (Lipinski definition) is 4. The predicted octanol–water partition coefficient (Wildman–Crippen LogP) is 4.96. The molecule has 5 nitrogen and oxygen atoms in total. The quantitative estimate of drug-likeness (QED) is 0.666. The number of ketones is 1. The third kappa shape index (κ3) is 4.41.